The molecule has 1 aromatic heterocycles. The average molecular weight is 364 g/mol. The van der Waals surface area contributed by atoms with E-state index >= 15 is 0 Å². The van der Waals surface area contributed by atoms with E-state index in [1.54, 1.807) is 0 Å². The summed E-state index contributed by atoms with van der Waals surface area (Å²) in [4.78, 5) is 37.4. The number of nitrogen functional groups attached to an aromatic ring is 1. The number of hydrogen-bond donors (Lipinski definition) is 1. The Hall–Kier alpha value is -2.20. The monoisotopic (exact) mass is 363 g/mol. The molecule has 1 fully saturated rings. The number of esters is 2. The molecule has 0 aliphatic carbocycles. The van der Waals surface area contributed by atoms with E-state index in [-0.39, 0.29) is 6.61 Å². The van der Waals surface area contributed by atoms with E-state index in [1.807, 2.05) is 0 Å². The van der Waals surface area contributed by atoms with Crippen LogP contribution in [-0.4, -0.2) is 45.7 Å². The van der Waals surface area contributed by atoms with Gasteiger partial charge >= 0.3 is 17.6 Å². The van der Waals surface area contributed by atoms with E-state index in [4.69, 9.17) is 31.5 Å². The number of carbonyl (C=O) groups is 2. The zero-order chi connectivity index (χ0) is 18.0. The number of rotatable bonds is 4. The third kappa shape index (κ3) is 3.82. The highest BCUT2D eigenvalue weighted by Crippen LogP contribution is 2.35. The summed E-state index contributed by atoms with van der Waals surface area (Å²) in [7, 11) is 0. The minimum atomic E-state index is -1.19. The fourth-order valence-electron chi connectivity index (χ4n) is 2.22. The van der Waals surface area contributed by atoms with Crippen LogP contribution in [0.1, 0.15) is 20.1 Å². The van der Waals surface area contributed by atoms with Crippen LogP contribution in [0.5, 0.6) is 0 Å². The molecule has 2 heterocycles. The first-order valence-corrected chi connectivity index (χ1v) is 7.28. The number of nitrogens with zero attached hydrogens (tertiary/aromatic N) is 2. The lowest BCUT2D eigenvalue weighted by Gasteiger charge is -2.19. The second-order valence-corrected chi connectivity index (χ2v) is 5.55. The average Bonchev–Trinajstić information content (AvgIpc) is 2.77. The Morgan fingerprint density at radius 3 is 2.71 bits per heavy atom. The van der Waals surface area contributed by atoms with Gasteiger partial charge in [-0.2, -0.15) is 4.98 Å². The van der Waals surface area contributed by atoms with Crippen LogP contribution in [0.15, 0.2) is 11.0 Å². The van der Waals surface area contributed by atoms with Gasteiger partial charge in [-0.05, 0) is 0 Å². The molecule has 9 nitrogen and oxygen atoms in total. The highest BCUT2D eigenvalue weighted by molar-refractivity contribution is 6.21. The zero-order valence-corrected chi connectivity index (χ0v) is 13.5. The van der Waals surface area contributed by atoms with Gasteiger partial charge in [-0.3, -0.25) is 14.2 Å². The highest BCUT2D eigenvalue weighted by atomic mass is 35.5. The van der Waals surface area contributed by atoms with E-state index in [0.29, 0.717) is 0 Å². The first-order chi connectivity index (χ1) is 11.2. The van der Waals surface area contributed by atoms with E-state index < -0.39 is 53.1 Å². The Morgan fingerprint density at radius 1 is 1.46 bits per heavy atom. The van der Waals surface area contributed by atoms with Gasteiger partial charge in [0.1, 0.15) is 18.1 Å². The minimum Gasteiger partial charge on any atom is -0.463 e. The number of halogens is 2. The molecule has 0 unspecified atom stereocenters. The maximum Gasteiger partial charge on any atom is 0.351 e. The zero-order valence-electron chi connectivity index (χ0n) is 12.8. The van der Waals surface area contributed by atoms with E-state index in [9.17, 15) is 18.8 Å². The van der Waals surface area contributed by atoms with Crippen LogP contribution in [-0.2, 0) is 23.8 Å². The van der Waals surface area contributed by atoms with Crippen LogP contribution in [0.25, 0.3) is 0 Å². The van der Waals surface area contributed by atoms with Crippen molar-refractivity contribution in [1.29, 1.82) is 0 Å². The molecule has 0 saturated carbocycles. The van der Waals surface area contributed by atoms with Crippen molar-refractivity contribution < 1.29 is 28.2 Å². The summed E-state index contributed by atoms with van der Waals surface area (Å²) in [6.07, 6.45) is -2.34. The van der Waals surface area contributed by atoms with Crippen LogP contribution >= 0.6 is 11.6 Å². The normalized spacial score (nSPS) is 26.2. The molecule has 0 radical (unpaired) electrons. The molecule has 0 aromatic carbocycles. The number of aromatic nitrogens is 2. The fourth-order valence-corrected chi connectivity index (χ4v) is 2.62. The Balaban J connectivity index is 2.31. The van der Waals surface area contributed by atoms with Crippen molar-refractivity contribution in [2.24, 2.45) is 0 Å². The van der Waals surface area contributed by atoms with Gasteiger partial charge in [0.25, 0.3) is 0 Å². The number of ether oxygens (including phenoxy) is 3. The van der Waals surface area contributed by atoms with Gasteiger partial charge in [-0.1, -0.05) is 0 Å². The van der Waals surface area contributed by atoms with Gasteiger partial charge in [-0.25, -0.2) is 9.18 Å². The molecule has 24 heavy (non-hydrogen) atoms. The molecule has 0 bridgehead atoms. The van der Waals surface area contributed by atoms with Crippen LogP contribution in [0.3, 0.4) is 0 Å². The van der Waals surface area contributed by atoms with Crippen molar-refractivity contribution >= 4 is 29.4 Å². The maximum absolute atomic E-state index is 13.6. The molecule has 0 amide bonds. The smallest absolute Gasteiger partial charge is 0.351 e. The Labute approximate surface area is 140 Å². The summed E-state index contributed by atoms with van der Waals surface area (Å²) in [6, 6.07) is 0. The SMILES string of the molecule is CC(=O)OC[C@H]1O[C@@H](n2cc(F)c(N)nc2=O)[C@H](Cl)[C@@H]1OC(C)=O. The second-order valence-electron chi connectivity index (χ2n) is 5.05. The van der Waals surface area contributed by atoms with Crippen LogP contribution in [0.4, 0.5) is 10.2 Å². The fraction of sp³-hybridized carbons (Fsp3) is 0.538. The van der Waals surface area contributed by atoms with Crippen molar-refractivity contribution in [2.45, 2.75) is 37.7 Å². The summed E-state index contributed by atoms with van der Waals surface area (Å²) >= 11 is 6.21. The van der Waals surface area contributed by atoms with Crippen LogP contribution in [0, 0.1) is 5.82 Å². The third-order valence-corrected chi connectivity index (χ3v) is 3.69. The molecule has 4 atom stereocenters. The second kappa shape index (κ2) is 7.14. The molecule has 1 saturated heterocycles. The number of nitrogens with two attached hydrogens (primary N) is 1. The minimum absolute atomic E-state index is 0.257. The summed E-state index contributed by atoms with van der Waals surface area (Å²) in [5.74, 6) is -2.72. The molecular weight excluding hydrogens is 349 g/mol. The summed E-state index contributed by atoms with van der Waals surface area (Å²) in [6.45, 7) is 2.10. The summed E-state index contributed by atoms with van der Waals surface area (Å²) in [5.41, 5.74) is 4.33. The van der Waals surface area contributed by atoms with Crippen molar-refractivity contribution in [3.63, 3.8) is 0 Å². The molecule has 0 spiro atoms. The van der Waals surface area contributed by atoms with Crippen LogP contribution < -0.4 is 11.4 Å². The van der Waals surface area contributed by atoms with E-state index in [2.05, 4.69) is 4.98 Å². The predicted molar refractivity (Wildman–Crippen MR) is 78.6 cm³/mol. The van der Waals surface area contributed by atoms with Crippen LogP contribution in [0.2, 0.25) is 0 Å². The molecular formula is C13H15ClFN3O6. The van der Waals surface area contributed by atoms with Gasteiger partial charge in [0, 0.05) is 13.8 Å². The quantitative estimate of drug-likeness (QED) is 0.584. The number of carbonyl (C=O) groups excluding carboxylic acids is 2. The third-order valence-electron chi connectivity index (χ3n) is 3.23. The first-order valence-electron chi connectivity index (χ1n) is 6.85. The molecule has 2 rings (SSSR count). The maximum atomic E-state index is 13.6. The van der Waals surface area contributed by atoms with E-state index in [0.717, 1.165) is 17.7 Å². The lowest BCUT2D eigenvalue weighted by atomic mass is 10.1. The Kier molecular flexibility index (Phi) is 5.40. The van der Waals surface area contributed by atoms with Gasteiger partial charge in [-0.15, -0.1) is 11.6 Å². The molecule has 1 aliphatic heterocycles. The molecule has 1 aromatic rings. The highest BCUT2D eigenvalue weighted by Gasteiger charge is 2.47. The molecule has 11 heteroatoms. The lowest BCUT2D eigenvalue weighted by molar-refractivity contribution is -0.155. The predicted octanol–water partition coefficient (Wildman–Crippen LogP) is -0.0358. The Bertz CT molecular complexity index is 711. The molecule has 132 valence electrons. The van der Waals surface area contributed by atoms with Gasteiger partial charge in [0.05, 0.1) is 6.20 Å². The van der Waals surface area contributed by atoms with Gasteiger partial charge < -0.3 is 19.9 Å². The molecule has 1 aliphatic rings. The molecule has 2 N–H and O–H groups in total. The van der Waals surface area contributed by atoms with Gasteiger partial charge in [0.2, 0.25) is 0 Å². The number of hydrogen-bond acceptors (Lipinski definition) is 8. The standard InChI is InChI=1S/C13H15ClFN3O6/c1-5(19)22-4-8-10(23-6(2)20)9(14)12(24-8)18-3-7(15)11(16)17-13(18)21/h3,8-10,12H,4H2,1-2H3,(H2,16,17,21)/t8-,9-,10-,12-/m1/s1. The first kappa shape index (κ1) is 18.1. The van der Waals surface area contributed by atoms with Crippen molar-refractivity contribution in [3.8, 4) is 0 Å². The van der Waals surface area contributed by atoms with Gasteiger partial charge in [0.15, 0.2) is 24.0 Å². The summed E-state index contributed by atoms with van der Waals surface area (Å²) < 4.78 is 29.8. The van der Waals surface area contributed by atoms with Crippen molar-refractivity contribution in [1.82, 2.24) is 9.55 Å². The number of alkyl halides is 1. The van der Waals surface area contributed by atoms with E-state index in [1.165, 1.54) is 6.92 Å². The topological polar surface area (TPSA) is 123 Å². The number of anilines is 1. The summed E-state index contributed by atoms with van der Waals surface area (Å²) in [5, 5.41) is -1.04. The van der Waals surface area contributed by atoms with Crippen molar-refractivity contribution in [3.05, 3.63) is 22.5 Å². The lowest BCUT2D eigenvalue weighted by Crippen LogP contribution is -2.36. The Morgan fingerprint density at radius 2 is 2.12 bits per heavy atom. The largest absolute Gasteiger partial charge is 0.463 e. The van der Waals surface area contributed by atoms with Crippen molar-refractivity contribution in [2.75, 3.05) is 12.3 Å².